The van der Waals surface area contributed by atoms with E-state index in [1.165, 1.54) is 29.8 Å². The zero-order valence-corrected chi connectivity index (χ0v) is 17.8. The van der Waals surface area contributed by atoms with Crippen molar-refractivity contribution >= 4 is 23.0 Å². The van der Waals surface area contributed by atoms with Gasteiger partial charge in [0.2, 0.25) is 0 Å². The molecule has 2 heterocycles. The quantitative estimate of drug-likeness (QED) is 0.710. The highest BCUT2D eigenvalue weighted by Crippen LogP contribution is 2.45. The van der Waals surface area contributed by atoms with Crippen LogP contribution in [0.4, 0.5) is 13.2 Å². The molecule has 160 valence electrons. The normalized spacial score (nSPS) is 15.3. The maximum Gasteiger partial charge on any atom is 0.416 e. The summed E-state index contributed by atoms with van der Waals surface area (Å²) >= 11 is 5.31. The van der Waals surface area contributed by atoms with Crippen LogP contribution in [-0.2, 0) is 6.18 Å². The maximum absolute atomic E-state index is 13.6. The molecule has 1 aromatic heterocycles. The summed E-state index contributed by atoms with van der Waals surface area (Å²) in [4.78, 5) is 12.7. The maximum atomic E-state index is 13.6. The third kappa shape index (κ3) is 3.94. The van der Waals surface area contributed by atoms with Gasteiger partial charge in [0.1, 0.15) is 11.4 Å². The second kappa shape index (κ2) is 7.79. The lowest BCUT2D eigenvalue weighted by Gasteiger charge is -2.38. The van der Waals surface area contributed by atoms with Gasteiger partial charge in [-0.25, -0.2) is 0 Å². The largest absolute Gasteiger partial charge is 0.481 e. The zero-order valence-electron chi connectivity index (χ0n) is 17.0. The van der Waals surface area contributed by atoms with E-state index >= 15 is 0 Å². The molecular weight excluding hydrogens is 415 g/mol. The minimum Gasteiger partial charge on any atom is -0.481 e. The topological polar surface area (TPSA) is 55.3 Å². The van der Waals surface area contributed by atoms with Crippen LogP contribution in [0.3, 0.4) is 0 Å². The van der Waals surface area contributed by atoms with Crippen molar-refractivity contribution in [2.24, 2.45) is 0 Å². The van der Waals surface area contributed by atoms with E-state index in [2.05, 4.69) is 10.6 Å². The number of rotatable bonds is 3. The van der Waals surface area contributed by atoms with Gasteiger partial charge in [-0.3, -0.25) is 9.36 Å². The second-order valence-corrected chi connectivity index (χ2v) is 7.75. The Morgan fingerprint density at radius 2 is 1.93 bits per heavy atom. The van der Waals surface area contributed by atoms with Gasteiger partial charge in [-0.1, -0.05) is 6.07 Å². The third-order valence-corrected chi connectivity index (χ3v) is 5.06. The van der Waals surface area contributed by atoms with E-state index in [4.69, 9.17) is 17.0 Å². The average Bonchev–Trinajstić information content (AvgIpc) is 2.62. The summed E-state index contributed by atoms with van der Waals surface area (Å²) in [5.74, 6) is 0.260. The van der Waals surface area contributed by atoms with Crippen LogP contribution in [-0.4, -0.2) is 21.8 Å². The summed E-state index contributed by atoms with van der Waals surface area (Å²) < 4.78 is 48.2. The Labute approximate surface area is 177 Å². The van der Waals surface area contributed by atoms with Crippen LogP contribution in [0.2, 0.25) is 0 Å². The molecule has 0 bridgehead atoms. The van der Waals surface area contributed by atoms with Crippen LogP contribution >= 0.6 is 12.2 Å². The van der Waals surface area contributed by atoms with E-state index in [1.807, 2.05) is 6.92 Å². The van der Waals surface area contributed by atoms with Crippen LogP contribution in [0.5, 0.6) is 5.75 Å². The van der Waals surface area contributed by atoms with Crippen LogP contribution < -0.4 is 20.9 Å². The van der Waals surface area contributed by atoms with Crippen molar-refractivity contribution in [3.63, 3.8) is 0 Å². The summed E-state index contributed by atoms with van der Waals surface area (Å²) in [5, 5.41) is 6.28. The van der Waals surface area contributed by atoms with Crippen LogP contribution in [0.1, 0.15) is 37.5 Å². The van der Waals surface area contributed by atoms with Gasteiger partial charge < -0.3 is 15.4 Å². The lowest BCUT2D eigenvalue weighted by Crippen LogP contribution is -2.47. The number of pyridine rings is 1. The molecule has 2 aromatic rings. The minimum absolute atomic E-state index is 0.0325. The molecule has 0 unspecified atom stereocenters. The molecule has 0 radical (unpaired) electrons. The molecule has 5 nitrogen and oxygen atoms in total. The number of benzene rings is 1. The number of alkyl halides is 3. The lowest BCUT2D eigenvalue weighted by atomic mass is 9.90. The number of aromatic nitrogens is 1. The number of halogens is 3. The van der Waals surface area contributed by atoms with Gasteiger partial charge in [-0.2, -0.15) is 13.2 Å². The molecule has 0 saturated carbocycles. The molecule has 30 heavy (non-hydrogen) atoms. The number of thiocarbonyl (C=S) groups is 1. The highest BCUT2D eigenvalue weighted by atomic mass is 32.1. The Morgan fingerprint density at radius 1 is 1.23 bits per heavy atom. The van der Waals surface area contributed by atoms with E-state index in [1.54, 1.807) is 26.0 Å². The van der Waals surface area contributed by atoms with Crippen molar-refractivity contribution in [3.05, 3.63) is 69.3 Å². The molecule has 0 saturated heterocycles. The van der Waals surface area contributed by atoms with Crippen molar-refractivity contribution in [2.45, 2.75) is 39.5 Å². The Balaban J connectivity index is 2.41. The van der Waals surface area contributed by atoms with Crippen LogP contribution in [0, 0.1) is 6.92 Å². The minimum atomic E-state index is -4.55. The first-order valence-corrected chi connectivity index (χ1v) is 9.76. The fraction of sp³-hybridized carbons (Fsp3) is 0.333. The molecule has 1 aliphatic rings. The number of ether oxygens (including phenoxy) is 1. The first-order chi connectivity index (χ1) is 14.0. The smallest absolute Gasteiger partial charge is 0.416 e. The number of hydrogen-bond acceptors (Lipinski definition) is 3. The van der Waals surface area contributed by atoms with E-state index in [9.17, 15) is 18.0 Å². The van der Waals surface area contributed by atoms with E-state index in [-0.39, 0.29) is 33.2 Å². The molecule has 1 aliphatic heterocycles. The third-order valence-electron chi connectivity index (χ3n) is 4.81. The SMILES string of the molecule is CCNC(=S)NC1=C(n2ccccc2=O)c2c(ccc(C(F)(F)F)c2C)OC1(C)C. The molecule has 3 rings (SSSR count). The molecule has 1 aromatic carbocycles. The fourth-order valence-corrected chi connectivity index (χ4v) is 3.74. The first-order valence-electron chi connectivity index (χ1n) is 9.35. The Kier molecular flexibility index (Phi) is 5.68. The van der Waals surface area contributed by atoms with Crippen molar-refractivity contribution in [1.82, 2.24) is 15.2 Å². The predicted octanol–water partition coefficient (Wildman–Crippen LogP) is 4.05. The highest BCUT2D eigenvalue weighted by Gasteiger charge is 2.41. The molecule has 0 spiro atoms. The first kappa shape index (κ1) is 21.9. The summed E-state index contributed by atoms with van der Waals surface area (Å²) in [5.41, 5.74) is -1.36. The van der Waals surface area contributed by atoms with Gasteiger partial charge in [0.25, 0.3) is 5.56 Å². The van der Waals surface area contributed by atoms with Crippen LogP contribution in [0.25, 0.3) is 5.70 Å². The van der Waals surface area contributed by atoms with Crippen molar-refractivity contribution in [3.8, 4) is 5.75 Å². The lowest BCUT2D eigenvalue weighted by molar-refractivity contribution is -0.138. The van der Waals surface area contributed by atoms with Crippen LogP contribution in [0.15, 0.2) is 47.0 Å². The van der Waals surface area contributed by atoms with Gasteiger partial charge in [0.05, 0.1) is 17.0 Å². The number of fused-ring (bicyclic) bond motifs is 1. The van der Waals surface area contributed by atoms with E-state index < -0.39 is 17.3 Å². The second-order valence-electron chi connectivity index (χ2n) is 7.34. The van der Waals surface area contributed by atoms with Gasteiger partial charge in [0.15, 0.2) is 5.11 Å². The van der Waals surface area contributed by atoms with E-state index in [0.29, 0.717) is 12.2 Å². The van der Waals surface area contributed by atoms with Crippen molar-refractivity contribution in [2.75, 3.05) is 6.54 Å². The summed E-state index contributed by atoms with van der Waals surface area (Å²) in [6, 6.07) is 6.84. The summed E-state index contributed by atoms with van der Waals surface area (Å²) in [6.07, 6.45) is -3.04. The Morgan fingerprint density at radius 3 is 2.53 bits per heavy atom. The Bertz CT molecular complexity index is 1090. The molecule has 0 fully saturated rings. The standard InChI is InChI=1S/C21H22F3N3O2S/c1-5-25-19(30)26-18-17(27-11-7-6-8-15(27)28)16-12(2)13(21(22,23)24)9-10-14(16)29-20(18,3)4/h6-11H,5H2,1-4H3,(H2,25,26,30). The van der Waals surface area contributed by atoms with Gasteiger partial charge >= 0.3 is 6.18 Å². The van der Waals surface area contributed by atoms with Crippen molar-refractivity contribution < 1.29 is 17.9 Å². The van der Waals surface area contributed by atoms with Gasteiger partial charge in [-0.05, 0) is 63.7 Å². The highest BCUT2D eigenvalue weighted by molar-refractivity contribution is 7.80. The van der Waals surface area contributed by atoms with Crippen molar-refractivity contribution in [1.29, 1.82) is 0 Å². The summed E-state index contributed by atoms with van der Waals surface area (Å²) in [7, 11) is 0. The molecule has 9 heteroatoms. The van der Waals surface area contributed by atoms with Gasteiger partial charge in [0, 0.05) is 24.4 Å². The molecule has 0 atom stereocenters. The molecule has 0 aliphatic carbocycles. The average molecular weight is 437 g/mol. The number of nitrogens with zero attached hydrogens (tertiary/aromatic N) is 1. The molecule has 2 N–H and O–H groups in total. The number of hydrogen-bond donors (Lipinski definition) is 2. The monoisotopic (exact) mass is 437 g/mol. The number of nitrogens with one attached hydrogen (secondary N) is 2. The summed E-state index contributed by atoms with van der Waals surface area (Å²) in [6.45, 7) is 7.30. The van der Waals surface area contributed by atoms with Gasteiger partial charge in [-0.15, -0.1) is 0 Å². The predicted molar refractivity (Wildman–Crippen MR) is 113 cm³/mol. The zero-order chi connectivity index (χ0) is 22.3. The Hall–Kier alpha value is -2.81. The molecular formula is C21H22F3N3O2S. The molecule has 0 amide bonds. The fourth-order valence-electron chi connectivity index (χ4n) is 3.49. The van der Waals surface area contributed by atoms with E-state index in [0.717, 1.165) is 6.07 Å².